The third kappa shape index (κ3) is 2.86. The number of hydrogen-bond acceptors (Lipinski definition) is 5. The second-order valence-corrected chi connectivity index (χ2v) is 5.65. The highest BCUT2D eigenvalue weighted by Gasteiger charge is 2.18. The predicted octanol–water partition coefficient (Wildman–Crippen LogP) is 2.99. The number of aromatic nitrogens is 3. The molecule has 1 atom stereocenters. The third-order valence-corrected chi connectivity index (χ3v) is 3.94. The summed E-state index contributed by atoms with van der Waals surface area (Å²) in [7, 11) is 0. The number of thiophene rings is 1. The largest absolute Gasteiger partial charge is 0.467 e. The van der Waals surface area contributed by atoms with E-state index in [1.54, 1.807) is 6.26 Å². The van der Waals surface area contributed by atoms with E-state index in [0.29, 0.717) is 6.54 Å². The molecule has 19 heavy (non-hydrogen) atoms. The van der Waals surface area contributed by atoms with Crippen molar-refractivity contribution in [3.63, 3.8) is 0 Å². The fraction of sp³-hybridized carbons (Fsp3) is 0.167. The lowest BCUT2D eigenvalue weighted by Crippen LogP contribution is -2.21. The summed E-state index contributed by atoms with van der Waals surface area (Å²) in [5.41, 5.74) is 0. The Hall–Kier alpha value is -1.63. The Bertz CT molecular complexity index is 620. The molecule has 0 fully saturated rings. The first-order chi connectivity index (χ1) is 9.33. The van der Waals surface area contributed by atoms with E-state index < -0.39 is 0 Å². The topological polar surface area (TPSA) is 66.7 Å². The summed E-state index contributed by atoms with van der Waals surface area (Å²) < 4.78 is 6.24. The zero-order valence-electron chi connectivity index (χ0n) is 9.84. The maximum Gasteiger partial charge on any atom is 0.138 e. The van der Waals surface area contributed by atoms with E-state index in [2.05, 4.69) is 20.5 Å². The van der Waals surface area contributed by atoms with Gasteiger partial charge in [-0.15, -0.1) is 11.3 Å². The molecular weight excluding hydrogens is 284 g/mol. The summed E-state index contributed by atoms with van der Waals surface area (Å²) >= 11 is 7.53. The van der Waals surface area contributed by atoms with Gasteiger partial charge < -0.3 is 4.42 Å². The van der Waals surface area contributed by atoms with Crippen LogP contribution in [0.25, 0.3) is 0 Å². The fourth-order valence-corrected chi connectivity index (χ4v) is 2.94. The summed E-state index contributed by atoms with van der Waals surface area (Å²) in [5, 5.41) is 10.0. The van der Waals surface area contributed by atoms with Gasteiger partial charge in [-0.1, -0.05) is 11.6 Å². The van der Waals surface area contributed by atoms with Crippen molar-refractivity contribution < 1.29 is 4.42 Å². The van der Waals surface area contributed by atoms with Crippen molar-refractivity contribution in [3.05, 3.63) is 57.7 Å². The van der Waals surface area contributed by atoms with Gasteiger partial charge in [-0.05, 0) is 24.3 Å². The van der Waals surface area contributed by atoms with E-state index in [4.69, 9.17) is 16.0 Å². The quantitative estimate of drug-likeness (QED) is 0.759. The highest BCUT2D eigenvalue weighted by Crippen LogP contribution is 2.31. The molecule has 0 aliphatic heterocycles. The van der Waals surface area contributed by atoms with Gasteiger partial charge in [0.25, 0.3) is 0 Å². The summed E-state index contributed by atoms with van der Waals surface area (Å²) in [6.07, 6.45) is 3.15. The van der Waals surface area contributed by atoms with Crippen LogP contribution >= 0.6 is 22.9 Å². The van der Waals surface area contributed by atoms with Gasteiger partial charge in [-0.2, -0.15) is 5.10 Å². The molecule has 3 aromatic heterocycles. The second-order valence-electron chi connectivity index (χ2n) is 3.90. The van der Waals surface area contributed by atoms with Crippen LogP contribution in [0.15, 0.2) is 41.3 Å². The molecule has 2 N–H and O–H groups in total. The average molecular weight is 295 g/mol. The molecule has 0 aliphatic carbocycles. The van der Waals surface area contributed by atoms with Crippen LogP contribution in [0.3, 0.4) is 0 Å². The molecule has 0 spiro atoms. The summed E-state index contributed by atoms with van der Waals surface area (Å²) in [4.78, 5) is 5.18. The van der Waals surface area contributed by atoms with Gasteiger partial charge in [0.1, 0.15) is 24.0 Å². The monoisotopic (exact) mass is 294 g/mol. The zero-order chi connectivity index (χ0) is 13.1. The Morgan fingerprint density at radius 1 is 1.42 bits per heavy atom. The fourth-order valence-electron chi connectivity index (χ4n) is 1.80. The highest BCUT2D eigenvalue weighted by molar-refractivity contribution is 7.16. The lowest BCUT2D eigenvalue weighted by atomic mass is 10.2. The number of nitrogens with one attached hydrogen (secondary N) is 2. The summed E-state index contributed by atoms with van der Waals surface area (Å²) in [5.74, 6) is 1.62. The number of rotatable bonds is 5. The molecule has 98 valence electrons. The Morgan fingerprint density at radius 3 is 3.00 bits per heavy atom. The third-order valence-electron chi connectivity index (χ3n) is 2.64. The SMILES string of the molecule is Clc1ccc(C(NCc2ncn[nH]2)c2ccco2)s1. The van der Waals surface area contributed by atoms with E-state index in [-0.39, 0.29) is 6.04 Å². The number of aromatic amines is 1. The zero-order valence-corrected chi connectivity index (χ0v) is 11.4. The molecule has 0 radical (unpaired) electrons. The van der Waals surface area contributed by atoms with E-state index in [1.807, 2.05) is 24.3 Å². The van der Waals surface area contributed by atoms with Crippen LogP contribution in [-0.2, 0) is 6.54 Å². The molecule has 3 heterocycles. The van der Waals surface area contributed by atoms with Crippen LogP contribution in [0.4, 0.5) is 0 Å². The Labute approximate surface area is 118 Å². The van der Waals surface area contributed by atoms with E-state index in [0.717, 1.165) is 20.8 Å². The summed E-state index contributed by atoms with van der Waals surface area (Å²) in [6.45, 7) is 0.570. The van der Waals surface area contributed by atoms with Gasteiger partial charge in [0.2, 0.25) is 0 Å². The molecule has 0 amide bonds. The van der Waals surface area contributed by atoms with Crippen LogP contribution < -0.4 is 5.32 Å². The van der Waals surface area contributed by atoms with E-state index in [1.165, 1.54) is 17.7 Å². The number of nitrogens with zero attached hydrogens (tertiary/aromatic N) is 2. The minimum absolute atomic E-state index is 0.0439. The van der Waals surface area contributed by atoms with Crippen molar-refractivity contribution in [2.24, 2.45) is 0 Å². The number of hydrogen-bond donors (Lipinski definition) is 2. The Balaban J connectivity index is 1.80. The van der Waals surface area contributed by atoms with Crippen molar-refractivity contribution in [2.45, 2.75) is 12.6 Å². The number of furan rings is 1. The van der Waals surface area contributed by atoms with Crippen LogP contribution in [-0.4, -0.2) is 15.2 Å². The van der Waals surface area contributed by atoms with E-state index in [9.17, 15) is 0 Å². The van der Waals surface area contributed by atoms with Gasteiger partial charge in [0, 0.05) is 4.88 Å². The molecule has 0 saturated carbocycles. The predicted molar refractivity (Wildman–Crippen MR) is 73.1 cm³/mol. The lowest BCUT2D eigenvalue weighted by Gasteiger charge is -2.14. The first kappa shape index (κ1) is 12.4. The minimum Gasteiger partial charge on any atom is -0.467 e. The molecule has 1 unspecified atom stereocenters. The van der Waals surface area contributed by atoms with Crippen LogP contribution in [0.5, 0.6) is 0 Å². The molecular formula is C12H11ClN4OS. The van der Waals surface area contributed by atoms with Crippen molar-refractivity contribution in [1.82, 2.24) is 20.5 Å². The Morgan fingerprint density at radius 2 is 2.37 bits per heavy atom. The minimum atomic E-state index is -0.0439. The highest BCUT2D eigenvalue weighted by atomic mass is 35.5. The smallest absolute Gasteiger partial charge is 0.138 e. The van der Waals surface area contributed by atoms with Crippen molar-refractivity contribution in [2.75, 3.05) is 0 Å². The average Bonchev–Trinajstić information content (AvgIpc) is 3.11. The molecule has 7 heteroatoms. The molecule has 3 aromatic rings. The first-order valence-corrected chi connectivity index (χ1v) is 6.88. The van der Waals surface area contributed by atoms with Crippen molar-refractivity contribution in [1.29, 1.82) is 0 Å². The first-order valence-electron chi connectivity index (χ1n) is 5.69. The number of H-pyrrole nitrogens is 1. The molecule has 0 saturated heterocycles. The molecule has 3 rings (SSSR count). The van der Waals surface area contributed by atoms with Crippen molar-refractivity contribution >= 4 is 22.9 Å². The van der Waals surface area contributed by atoms with Gasteiger partial charge in [0.05, 0.1) is 17.1 Å². The standard InChI is InChI=1S/C12H11ClN4OS/c13-10-4-3-9(19-10)12(8-2-1-5-18-8)14-6-11-15-7-16-17-11/h1-5,7,12,14H,6H2,(H,15,16,17). The van der Waals surface area contributed by atoms with Crippen LogP contribution in [0, 0.1) is 0 Å². The number of halogens is 1. The van der Waals surface area contributed by atoms with Gasteiger partial charge in [0.15, 0.2) is 0 Å². The summed E-state index contributed by atoms with van der Waals surface area (Å²) in [6, 6.07) is 7.64. The van der Waals surface area contributed by atoms with Gasteiger partial charge in [-0.3, -0.25) is 10.4 Å². The second kappa shape index (κ2) is 5.56. The van der Waals surface area contributed by atoms with E-state index >= 15 is 0 Å². The van der Waals surface area contributed by atoms with Crippen LogP contribution in [0.1, 0.15) is 22.5 Å². The Kier molecular flexibility index (Phi) is 3.63. The van der Waals surface area contributed by atoms with Crippen LogP contribution in [0.2, 0.25) is 4.34 Å². The molecule has 5 nitrogen and oxygen atoms in total. The molecule has 0 aliphatic rings. The van der Waals surface area contributed by atoms with Gasteiger partial charge in [-0.25, -0.2) is 4.98 Å². The molecule has 0 aromatic carbocycles. The van der Waals surface area contributed by atoms with Crippen molar-refractivity contribution in [3.8, 4) is 0 Å². The normalized spacial score (nSPS) is 12.7. The van der Waals surface area contributed by atoms with Gasteiger partial charge >= 0.3 is 0 Å². The lowest BCUT2D eigenvalue weighted by molar-refractivity contribution is 0.446. The maximum absolute atomic E-state index is 6.00. The molecule has 0 bridgehead atoms. The maximum atomic E-state index is 6.00.